The Balaban J connectivity index is 3.90. The van der Waals surface area contributed by atoms with Crippen molar-refractivity contribution in [1.82, 2.24) is 5.32 Å². The van der Waals surface area contributed by atoms with Gasteiger partial charge in [-0.25, -0.2) is 0 Å². The zero-order chi connectivity index (χ0) is 10.4. The first-order valence-electron chi connectivity index (χ1n) is 3.92. The van der Waals surface area contributed by atoms with Crippen molar-refractivity contribution < 1.29 is 25.2 Å². The van der Waals surface area contributed by atoms with E-state index in [1.165, 1.54) is 6.92 Å². The van der Waals surface area contributed by atoms with Crippen LogP contribution in [0.1, 0.15) is 6.92 Å². The Kier molecular flexibility index (Phi) is 5.56. The molecular weight excluding hydrogens is 178 g/mol. The van der Waals surface area contributed by atoms with Gasteiger partial charge < -0.3 is 20.4 Å². The van der Waals surface area contributed by atoms with Gasteiger partial charge in [0.15, 0.2) is 0 Å². The van der Waals surface area contributed by atoms with Crippen LogP contribution in [-0.4, -0.2) is 57.8 Å². The first kappa shape index (κ1) is 12.3. The number of carboxylic acids is 1. The van der Waals surface area contributed by atoms with Gasteiger partial charge in [-0.15, -0.1) is 0 Å². The van der Waals surface area contributed by atoms with E-state index in [2.05, 4.69) is 5.32 Å². The molecular formula is C7H15NO5. The zero-order valence-corrected chi connectivity index (χ0v) is 7.34. The molecule has 0 radical (unpaired) electrons. The smallest absolute Gasteiger partial charge is 0.323 e. The molecule has 0 aliphatic carbocycles. The van der Waals surface area contributed by atoms with Crippen LogP contribution in [0.3, 0.4) is 0 Å². The molecule has 0 saturated carbocycles. The molecule has 0 spiro atoms. The van der Waals surface area contributed by atoms with Crippen LogP contribution >= 0.6 is 0 Å². The molecule has 0 saturated heterocycles. The highest BCUT2D eigenvalue weighted by Crippen LogP contribution is 1.93. The Bertz CT molecular complexity index is 161. The second kappa shape index (κ2) is 5.87. The van der Waals surface area contributed by atoms with Crippen molar-refractivity contribution in [2.24, 2.45) is 0 Å². The maximum absolute atomic E-state index is 10.5. The minimum absolute atomic E-state index is 0.0711. The lowest BCUT2D eigenvalue weighted by Crippen LogP contribution is -2.47. The van der Waals surface area contributed by atoms with Crippen molar-refractivity contribution in [2.75, 3.05) is 13.2 Å². The molecule has 5 N–H and O–H groups in total. The topological polar surface area (TPSA) is 110 Å². The molecule has 0 rings (SSSR count). The number of rotatable bonds is 6. The molecule has 0 amide bonds. The Labute approximate surface area is 75.8 Å². The molecule has 0 aromatic rings. The lowest BCUT2D eigenvalue weighted by atomic mass is 10.2. The maximum Gasteiger partial charge on any atom is 0.323 e. The summed E-state index contributed by atoms with van der Waals surface area (Å²) in [6, 6.07) is -1.12. The molecule has 6 nitrogen and oxygen atoms in total. The fourth-order valence-electron chi connectivity index (χ4n) is 0.792. The molecule has 3 atom stereocenters. The molecule has 0 fully saturated rings. The standard InChI is InChI=1S/C7H15NO5/c1-4(10)6(7(12)13)8-2-5(11)3-9/h4-6,8-11H,2-3H2,1H3,(H,12,13)/t4-,5?,6+/m1/s1. The van der Waals surface area contributed by atoms with Gasteiger partial charge in [-0.1, -0.05) is 0 Å². The van der Waals surface area contributed by atoms with Crippen LogP contribution < -0.4 is 5.32 Å². The zero-order valence-electron chi connectivity index (χ0n) is 7.34. The summed E-state index contributed by atoms with van der Waals surface area (Å²) in [5, 5.41) is 37.3. The van der Waals surface area contributed by atoms with E-state index < -0.39 is 30.8 Å². The van der Waals surface area contributed by atoms with Gasteiger partial charge in [0, 0.05) is 6.54 Å². The lowest BCUT2D eigenvalue weighted by Gasteiger charge is -2.18. The van der Waals surface area contributed by atoms with Crippen molar-refractivity contribution in [3.8, 4) is 0 Å². The summed E-state index contributed by atoms with van der Waals surface area (Å²) in [6.07, 6.45) is -2.07. The summed E-state index contributed by atoms with van der Waals surface area (Å²) < 4.78 is 0. The molecule has 0 aliphatic rings. The highest BCUT2D eigenvalue weighted by molar-refractivity contribution is 5.74. The van der Waals surface area contributed by atoms with E-state index in [1.807, 2.05) is 0 Å². The molecule has 13 heavy (non-hydrogen) atoms. The Morgan fingerprint density at radius 2 is 2.00 bits per heavy atom. The monoisotopic (exact) mass is 193 g/mol. The van der Waals surface area contributed by atoms with Crippen LogP contribution in [0, 0.1) is 0 Å². The number of carboxylic acid groups (broad SMARTS) is 1. The fraction of sp³-hybridized carbons (Fsp3) is 0.857. The van der Waals surface area contributed by atoms with E-state index in [0.717, 1.165) is 0 Å². The van der Waals surface area contributed by atoms with Crippen LogP contribution in [-0.2, 0) is 4.79 Å². The SMILES string of the molecule is C[C@@H](O)[C@H](NCC(O)CO)C(=O)O. The molecule has 0 aromatic carbocycles. The van der Waals surface area contributed by atoms with E-state index in [-0.39, 0.29) is 6.54 Å². The predicted octanol–water partition coefficient (Wildman–Crippen LogP) is -2.24. The minimum Gasteiger partial charge on any atom is -0.480 e. The highest BCUT2D eigenvalue weighted by atomic mass is 16.4. The van der Waals surface area contributed by atoms with Gasteiger partial charge in [0.1, 0.15) is 6.04 Å². The number of nitrogens with one attached hydrogen (secondary N) is 1. The third-order valence-corrected chi connectivity index (χ3v) is 1.53. The van der Waals surface area contributed by atoms with E-state index >= 15 is 0 Å². The predicted molar refractivity (Wildman–Crippen MR) is 44.2 cm³/mol. The second-order valence-electron chi connectivity index (χ2n) is 2.80. The molecule has 0 bridgehead atoms. The normalized spacial score (nSPS) is 17.8. The molecule has 0 heterocycles. The summed E-state index contributed by atoms with van der Waals surface area (Å²) >= 11 is 0. The van der Waals surface area contributed by atoms with Crippen LogP contribution in [0.5, 0.6) is 0 Å². The third kappa shape index (κ3) is 4.79. The van der Waals surface area contributed by atoms with Gasteiger partial charge >= 0.3 is 5.97 Å². The van der Waals surface area contributed by atoms with E-state index in [1.54, 1.807) is 0 Å². The average Bonchev–Trinajstić information content (AvgIpc) is 2.03. The highest BCUT2D eigenvalue weighted by Gasteiger charge is 2.22. The van der Waals surface area contributed by atoms with Gasteiger partial charge in [0.25, 0.3) is 0 Å². The number of aliphatic hydroxyl groups is 3. The van der Waals surface area contributed by atoms with E-state index in [4.69, 9.17) is 20.4 Å². The summed E-state index contributed by atoms with van der Waals surface area (Å²) in [6.45, 7) is 0.814. The quantitative estimate of drug-likeness (QED) is 0.326. The van der Waals surface area contributed by atoms with Crippen LogP contribution in [0.15, 0.2) is 0 Å². The molecule has 0 aliphatic heterocycles. The number of aliphatic hydroxyl groups excluding tert-OH is 3. The van der Waals surface area contributed by atoms with Crippen LogP contribution in [0.4, 0.5) is 0 Å². The number of hydrogen-bond acceptors (Lipinski definition) is 5. The van der Waals surface area contributed by atoms with Crippen molar-refractivity contribution in [1.29, 1.82) is 0 Å². The van der Waals surface area contributed by atoms with Gasteiger partial charge in [0.2, 0.25) is 0 Å². The fourth-order valence-corrected chi connectivity index (χ4v) is 0.792. The Morgan fingerprint density at radius 3 is 2.31 bits per heavy atom. The van der Waals surface area contributed by atoms with Crippen molar-refractivity contribution >= 4 is 5.97 Å². The van der Waals surface area contributed by atoms with E-state index in [0.29, 0.717) is 0 Å². The van der Waals surface area contributed by atoms with Gasteiger partial charge in [-0.05, 0) is 6.92 Å². The summed E-state index contributed by atoms with van der Waals surface area (Å²) in [5.74, 6) is -1.19. The van der Waals surface area contributed by atoms with E-state index in [9.17, 15) is 4.79 Å². The molecule has 0 aromatic heterocycles. The Morgan fingerprint density at radius 1 is 1.46 bits per heavy atom. The first-order chi connectivity index (χ1) is 5.99. The Hall–Kier alpha value is -0.690. The van der Waals surface area contributed by atoms with Crippen molar-refractivity contribution in [3.63, 3.8) is 0 Å². The molecule has 1 unspecified atom stereocenters. The van der Waals surface area contributed by atoms with Gasteiger partial charge in [-0.3, -0.25) is 10.1 Å². The maximum atomic E-state index is 10.5. The third-order valence-electron chi connectivity index (χ3n) is 1.53. The minimum atomic E-state index is -1.19. The lowest BCUT2D eigenvalue weighted by molar-refractivity contribution is -0.142. The number of hydrogen-bond donors (Lipinski definition) is 5. The first-order valence-corrected chi connectivity index (χ1v) is 3.92. The molecule has 78 valence electrons. The number of aliphatic carboxylic acids is 1. The number of carbonyl (C=O) groups is 1. The van der Waals surface area contributed by atoms with Crippen LogP contribution in [0.2, 0.25) is 0 Å². The van der Waals surface area contributed by atoms with Crippen molar-refractivity contribution in [3.05, 3.63) is 0 Å². The summed E-state index contributed by atoms with van der Waals surface area (Å²) in [4.78, 5) is 10.5. The van der Waals surface area contributed by atoms with Gasteiger partial charge in [0.05, 0.1) is 18.8 Å². The average molecular weight is 193 g/mol. The second-order valence-corrected chi connectivity index (χ2v) is 2.80. The summed E-state index contributed by atoms with van der Waals surface area (Å²) in [5.41, 5.74) is 0. The summed E-state index contributed by atoms with van der Waals surface area (Å²) in [7, 11) is 0. The van der Waals surface area contributed by atoms with Crippen molar-refractivity contribution in [2.45, 2.75) is 25.2 Å². The molecule has 6 heteroatoms. The van der Waals surface area contributed by atoms with Crippen LogP contribution in [0.25, 0.3) is 0 Å². The largest absolute Gasteiger partial charge is 0.480 e. The van der Waals surface area contributed by atoms with Gasteiger partial charge in [-0.2, -0.15) is 0 Å².